The van der Waals surface area contributed by atoms with E-state index in [1.54, 1.807) is 11.3 Å². The van der Waals surface area contributed by atoms with E-state index in [-0.39, 0.29) is 12.4 Å². The molecule has 3 aromatic heterocycles. The molecule has 1 N–H and O–H groups in total. The highest BCUT2D eigenvalue weighted by atomic mass is 32.1. The van der Waals surface area contributed by atoms with Crippen molar-refractivity contribution >= 4 is 33.4 Å². The van der Waals surface area contributed by atoms with E-state index in [0.717, 1.165) is 45.6 Å². The molecular weight excluding hydrogens is 308 g/mol. The molecule has 23 heavy (non-hydrogen) atoms. The Morgan fingerprint density at radius 3 is 3.09 bits per heavy atom. The van der Waals surface area contributed by atoms with Gasteiger partial charge in [0.2, 0.25) is 5.78 Å². The number of nitrogens with zero attached hydrogens (tertiary/aromatic N) is 2. The first kappa shape index (κ1) is 14.5. The van der Waals surface area contributed by atoms with Gasteiger partial charge in [0.25, 0.3) is 0 Å². The molecule has 118 valence electrons. The quantitative estimate of drug-likeness (QED) is 0.748. The fourth-order valence-corrected chi connectivity index (χ4v) is 4.24. The highest BCUT2D eigenvalue weighted by Crippen LogP contribution is 2.30. The van der Waals surface area contributed by atoms with Gasteiger partial charge < -0.3 is 14.2 Å². The van der Waals surface area contributed by atoms with Gasteiger partial charge in [0.05, 0.1) is 22.5 Å². The van der Waals surface area contributed by atoms with E-state index in [4.69, 9.17) is 0 Å². The highest BCUT2D eigenvalue weighted by Gasteiger charge is 2.24. The molecular formula is C18H18N2O2S. The van der Waals surface area contributed by atoms with Crippen LogP contribution in [0.25, 0.3) is 16.3 Å². The molecule has 0 amide bonds. The zero-order chi connectivity index (χ0) is 16.0. The molecule has 1 aliphatic rings. The van der Waals surface area contributed by atoms with Crippen molar-refractivity contribution in [3.63, 3.8) is 0 Å². The first-order valence-electron chi connectivity index (χ1n) is 7.77. The molecule has 3 aromatic rings. The van der Waals surface area contributed by atoms with Crippen molar-refractivity contribution < 1.29 is 9.90 Å². The Hall–Kier alpha value is -2.11. The monoisotopic (exact) mass is 326 g/mol. The Morgan fingerprint density at radius 2 is 2.30 bits per heavy atom. The summed E-state index contributed by atoms with van der Waals surface area (Å²) >= 11 is 1.65. The van der Waals surface area contributed by atoms with E-state index in [2.05, 4.69) is 6.08 Å². The summed E-state index contributed by atoms with van der Waals surface area (Å²) < 4.78 is 5.13. The molecule has 0 aliphatic heterocycles. The lowest BCUT2D eigenvalue weighted by atomic mass is 9.98. The lowest BCUT2D eigenvalue weighted by molar-refractivity contribution is 0.103. The molecule has 4 rings (SSSR count). The molecule has 4 nitrogen and oxygen atoms in total. The Balaban J connectivity index is 1.84. The molecule has 0 spiro atoms. The smallest absolute Gasteiger partial charge is 0.211 e. The third-order valence-electron chi connectivity index (χ3n) is 4.55. The fourth-order valence-electron chi connectivity index (χ4n) is 3.39. The van der Waals surface area contributed by atoms with Gasteiger partial charge in [0.15, 0.2) is 0 Å². The second-order valence-corrected chi connectivity index (χ2v) is 6.80. The van der Waals surface area contributed by atoms with Crippen molar-refractivity contribution in [2.24, 2.45) is 7.05 Å². The van der Waals surface area contributed by atoms with E-state index in [1.165, 1.54) is 0 Å². The average molecular weight is 326 g/mol. The number of hydrogen-bond donors (Lipinski definition) is 1. The molecule has 0 bridgehead atoms. The minimum absolute atomic E-state index is 0.0513. The van der Waals surface area contributed by atoms with Crippen LogP contribution in [0, 0.1) is 0 Å². The van der Waals surface area contributed by atoms with Gasteiger partial charge in [-0.2, -0.15) is 0 Å². The second-order valence-electron chi connectivity index (χ2n) is 5.85. The standard InChI is InChI=1S/C18H18N2O2S/c1-19-15-6-9-23-17(15)10-16(19)18(22)13-11-20(7-8-21)14-5-3-2-4-12(13)14/h2,4,6,9-11,21H,3,5,7-8H2,1H3. The minimum Gasteiger partial charge on any atom is -0.395 e. The number of aliphatic hydroxyl groups excluding tert-OH is 1. The Kier molecular flexibility index (Phi) is 3.47. The number of hydrogen-bond acceptors (Lipinski definition) is 3. The first-order valence-corrected chi connectivity index (χ1v) is 8.65. The van der Waals surface area contributed by atoms with Gasteiger partial charge in [-0.25, -0.2) is 0 Å². The largest absolute Gasteiger partial charge is 0.395 e. The maximum atomic E-state index is 13.1. The van der Waals surface area contributed by atoms with Gasteiger partial charge in [-0.3, -0.25) is 4.79 Å². The summed E-state index contributed by atoms with van der Waals surface area (Å²) in [6.45, 7) is 0.615. The summed E-state index contributed by atoms with van der Waals surface area (Å²) in [5, 5.41) is 11.3. The van der Waals surface area contributed by atoms with Crippen LogP contribution in [0.2, 0.25) is 0 Å². The van der Waals surface area contributed by atoms with Crippen molar-refractivity contribution in [1.82, 2.24) is 9.13 Å². The van der Waals surface area contributed by atoms with Crippen LogP contribution in [0.4, 0.5) is 0 Å². The van der Waals surface area contributed by atoms with Gasteiger partial charge in [-0.05, 0) is 30.4 Å². The molecule has 0 atom stereocenters. The van der Waals surface area contributed by atoms with Crippen LogP contribution in [0.15, 0.2) is 29.8 Å². The van der Waals surface area contributed by atoms with Gasteiger partial charge in [-0.15, -0.1) is 11.3 Å². The molecule has 0 aromatic carbocycles. The number of allylic oxidation sites excluding steroid dienone is 1. The average Bonchev–Trinajstić information content (AvgIpc) is 3.23. The van der Waals surface area contributed by atoms with Gasteiger partial charge >= 0.3 is 0 Å². The SMILES string of the molecule is Cn1c(C(=O)c2cn(CCO)c3c2C=CCC3)cc2sccc21. The lowest BCUT2D eigenvalue weighted by Gasteiger charge is -2.11. The Bertz CT molecular complexity index is 927. The molecule has 1 aliphatic carbocycles. The molecule has 0 saturated carbocycles. The predicted molar refractivity (Wildman–Crippen MR) is 93.1 cm³/mol. The number of thiophene rings is 1. The van der Waals surface area contributed by atoms with Crippen LogP contribution >= 0.6 is 11.3 Å². The summed E-state index contributed by atoms with van der Waals surface area (Å²) in [4.78, 5) is 13.1. The van der Waals surface area contributed by atoms with Gasteiger partial charge in [-0.1, -0.05) is 12.2 Å². The fraction of sp³-hybridized carbons (Fsp3) is 0.278. The number of fused-ring (bicyclic) bond motifs is 2. The number of aliphatic hydroxyl groups is 1. The number of aromatic nitrogens is 2. The molecule has 0 unspecified atom stereocenters. The van der Waals surface area contributed by atoms with Crippen LogP contribution < -0.4 is 0 Å². The van der Waals surface area contributed by atoms with Crippen LogP contribution in [-0.4, -0.2) is 26.6 Å². The molecule has 0 fully saturated rings. The van der Waals surface area contributed by atoms with Crippen LogP contribution in [0.3, 0.4) is 0 Å². The van der Waals surface area contributed by atoms with Crippen molar-refractivity contribution in [3.05, 3.63) is 52.3 Å². The minimum atomic E-state index is 0.0513. The van der Waals surface area contributed by atoms with E-state index < -0.39 is 0 Å². The topological polar surface area (TPSA) is 47.2 Å². The van der Waals surface area contributed by atoms with Crippen LogP contribution in [0.1, 0.15) is 33.7 Å². The van der Waals surface area contributed by atoms with E-state index in [9.17, 15) is 9.90 Å². The van der Waals surface area contributed by atoms with Crippen molar-refractivity contribution in [2.75, 3.05) is 6.61 Å². The number of rotatable bonds is 4. The predicted octanol–water partition coefficient (Wildman–Crippen LogP) is 3.22. The Morgan fingerprint density at radius 1 is 1.43 bits per heavy atom. The zero-order valence-corrected chi connectivity index (χ0v) is 13.8. The van der Waals surface area contributed by atoms with E-state index >= 15 is 0 Å². The summed E-state index contributed by atoms with van der Waals surface area (Å²) in [6, 6.07) is 4.02. The third kappa shape index (κ3) is 2.19. The number of aryl methyl sites for hydroxylation is 1. The molecule has 0 saturated heterocycles. The number of carbonyl (C=O) groups is 1. The molecule has 3 heterocycles. The van der Waals surface area contributed by atoms with Crippen LogP contribution in [-0.2, 0) is 20.0 Å². The third-order valence-corrected chi connectivity index (χ3v) is 5.40. The van der Waals surface area contributed by atoms with Crippen LogP contribution in [0.5, 0.6) is 0 Å². The van der Waals surface area contributed by atoms with Gasteiger partial charge in [0, 0.05) is 36.6 Å². The summed E-state index contributed by atoms with van der Waals surface area (Å²) in [7, 11) is 1.94. The normalized spacial score (nSPS) is 13.7. The molecule has 5 heteroatoms. The summed E-state index contributed by atoms with van der Waals surface area (Å²) in [6.07, 6.45) is 7.97. The lowest BCUT2D eigenvalue weighted by Crippen LogP contribution is -2.08. The number of ketones is 1. The second kappa shape index (κ2) is 5.51. The summed E-state index contributed by atoms with van der Waals surface area (Å²) in [5.41, 5.74) is 4.71. The maximum absolute atomic E-state index is 13.1. The first-order chi connectivity index (χ1) is 11.2. The van der Waals surface area contributed by atoms with Crippen molar-refractivity contribution in [2.45, 2.75) is 19.4 Å². The molecule has 0 radical (unpaired) electrons. The van der Waals surface area contributed by atoms with Crippen molar-refractivity contribution in [1.29, 1.82) is 0 Å². The number of carbonyl (C=O) groups excluding carboxylic acids is 1. The highest BCUT2D eigenvalue weighted by molar-refractivity contribution is 7.17. The zero-order valence-electron chi connectivity index (χ0n) is 13.0. The van der Waals surface area contributed by atoms with E-state index in [1.807, 2.05) is 46.0 Å². The van der Waals surface area contributed by atoms with E-state index in [0.29, 0.717) is 6.54 Å². The Labute approximate surface area is 138 Å². The van der Waals surface area contributed by atoms with Gasteiger partial charge in [0.1, 0.15) is 0 Å². The maximum Gasteiger partial charge on any atom is 0.211 e. The summed E-state index contributed by atoms with van der Waals surface area (Å²) in [5.74, 6) is 0.0513. The van der Waals surface area contributed by atoms with Crippen molar-refractivity contribution in [3.8, 4) is 0 Å².